The topological polar surface area (TPSA) is 86.8 Å². The van der Waals surface area contributed by atoms with Crippen LogP contribution in [0, 0.1) is 0 Å². The first-order chi connectivity index (χ1) is 15.9. The molecule has 0 saturated heterocycles. The van der Waals surface area contributed by atoms with E-state index in [-0.39, 0.29) is 18.4 Å². The smallest absolute Gasteiger partial charge is 0.244 e. The number of carbonyl (C=O) groups is 2. The van der Waals surface area contributed by atoms with Gasteiger partial charge >= 0.3 is 0 Å². The van der Waals surface area contributed by atoms with Gasteiger partial charge in [-0.15, -0.1) is 0 Å². The molecule has 0 aliphatic rings. The van der Waals surface area contributed by atoms with E-state index in [1.807, 2.05) is 26.0 Å². The van der Waals surface area contributed by atoms with Crippen LogP contribution in [-0.2, 0) is 26.2 Å². The second-order valence-corrected chi connectivity index (χ2v) is 11.1. The van der Waals surface area contributed by atoms with E-state index >= 15 is 0 Å². The molecule has 0 bridgehead atoms. The van der Waals surface area contributed by atoms with Crippen LogP contribution in [0.5, 0.6) is 0 Å². The van der Waals surface area contributed by atoms with Gasteiger partial charge < -0.3 is 10.2 Å². The summed E-state index contributed by atoms with van der Waals surface area (Å²) in [5.74, 6) is -0.604. The van der Waals surface area contributed by atoms with E-state index in [0.29, 0.717) is 27.7 Å². The number of sulfonamides is 1. The summed E-state index contributed by atoms with van der Waals surface area (Å²) in [5, 5.41) is 3.37. The number of hydrogen-bond acceptors (Lipinski definition) is 4. The van der Waals surface area contributed by atoms with Crippen molar-refractivity contribution in [1.29, 1.82) is 0 Å². The minimum absolute atomic E-state index is 0.0185. The van der Waals surface area contributed by atoms with Gasteiger partial charge in [0, 0.05) is 23.6 Å². The molecule has 0 aliphatic carbocycles. The van der Waals surface area contributed by atoms with E-state index in [0.717, 1.165) is 16.1 Å². The van der Waals surface area contributed by atoms with Crippen molar-refractivity contribution in [1.82, 2.24) is 10.2 Å². The van der Waals surface area contributed by atoms with Crippen molar-refractivity contribution < 1.29 is 18.0 Å². The molecule has 0 unspecified atom stereocenters. The van der Waals surface area contributed by atoms with Crippen LogP contribution in [0.1, 0.15) is 44.2 Å². The van der Waals surface area contributed by atoms with Crippen LogP contribution in [0.25, 0.3) is 0 Å². The molecular weight excluding hydrogens is 497 g/mol. The van der Waals surface area contributed by atoms with Gasteiger partial charge in [0.1, 0.15) is 12.6 Å². The molecule has 7 nitrogen and oxygen atoms in total. The molecule has 2 amide bonds. The van der Waals surface area contributed by atoms with Crippen LogP contribution in [0.4, 0.5) is 5.69 Å². The zero-order valence-corrected chi connectivity index (χ0v) is 22.3. The number of halogens is 2. The maximum atomic E-state index is 13.5. The maximum absolute atomic E-state index is 13.5. The molecule has 2 aromatic carbocycles. The SMILES string of the molecule is CC[C@@H](C(=O)NC)N(Cc1ccc(Cl)cc1Cl)C(=O)CN(c1ccc(C(C)C)cc1)S(C)(=O)=O. The highest BCUT2D eigenvalue weighted by molar-refractivity contribution is 7.92. The third-order valence-electron chi connectivity index (χ3n) is 5.52. The number of amides is 2. The highest BCUT2D eigenvalue weighted by Crippen LogP contribution is 2.25. The second kappa shape index (κ2) is 11.9. The van der Waals surface area contributed by atoms with E-state index in [1.165, 1.54) is 11.9 Å². The number of benzene rings is 2. The molecule has 1 atom stereocenters. The number of likely N-dealkylation sites (N-methyl/N-ethyl adjacent to an activating group) is 1. The molecule has 0 aliphatic heterocycles. The van der Waals surface area contributed by atoms with Crippen LogP contribution >= 0.6 is 23.2 Å². The Bertz CT molecular complexity index is 1120. The highest BCUT2D eigenvalue weighted by atomic mass is 35.5. The van der Waals surface area contributed by atoms with Gasteiger partial charge in [0.25, 0.3) is 0 Å². The first kappa shape index (κ1) is 28.0. The molecule has 1 N–H and O–H groups in total. The van der Waals surface area contributed by atoms with Crippen molar-refractivity contribution in [2.24, 2.45) is 0 Å². The number of rotatable bonds is 10. The monoisotopic (exact) mass is 527 g/mol. The highest BCUT2D eigenvalue weighted by Gasteiger charge is 2.31. The van der Waals surface area contributed by atoms with E-state index in [4.69, 9.17) is 23.2 Å². The summed E-state index contributed by atoms with van der Waals surface area (Å²) in [5.41, 5.74) is 2.01. The first-order valence-corrected chi connectivity index (χ1v) is 13.5. The number of nitrogens with zero attached hydrogens (tertiary/aromatic N) is 2. The van der Waals surface area contributed by atoms with Gasteiger partial charge in [0.2, 0.25) is 21.8 Å². The Balaban J connectivity index is 2.45. The van der Waals surface area contributed by atoms with E-state index in [9.17, 15) is 18.0 Å². The number of nitrogens with one attached hydrogen (secondary N) is 1. The summed E-state index contributed by atoms with van der Waals surface area (Å²) < 4.78 is 26.3. The molecule has 34 heavy (non-hydrogen) atoms. The average molecular weight is 529 g/mol. The van der Waals surface area contributed by atoms with Crippen molar-refractivity contribution in [3.05, 3.63) is 63.6 Å². The van der Waals surface area contributed by atoms with Crippen molar-refractivity contribution in [2.75, 3.05) is 24.2 Å². The predicted octanol–water partition coefficient (Wildman–Crippen LogP) is 4.44. The summed E-state index contributed by atoms with van der Waals surface area (Å²) in [6.45, 7) is 5.42. The fourth-order valence-corrected chi connectivity index (χ4v) is 4.88. The molecule has 2 rings (SSSR count). The summed E-state index contributed by atoms with van der Waals surface area (Å²) in [6, 6.07) is 11.1. The maximum Gasteiger partial charge on any atom is 0.244 e. The Morgan fingerprint density at radius 2 is 1.68 bits per heavy atom. The summed E-state index contributed by atoms with van der Waals surface area (Å²) in [4.78, 5) is 27.5. The fraction of sp³-hybridized carbons (Fsp3) is 0.417. The predicted molar refractivity (Wildman–Crippen MR) is 138 cm³/mol. The first-order valence-electron chi connectivity index (χ1n) is 10.9. The third-order valence-corrected chi connectivity index (χ3v) is 7.24. The van der Waals surface area contributed by atoms with Crippen molar-refractivity contribution in [2.45, 2.75) is 45.7 Å². The van der Waals surface area contributed by atoms with Gasteiger partial charge in [-0.25, -0.2) is 8.42 Å². The zero-order chi connectivity index (χ0) is 25.6. The lowest BCUT2D eigenvalue weighted by atomic mass is 10.0. The molecule has 0 aromatic heterocycles. The molecular formula is C24H31Cl2N3O4S. The van der Waals surface area contributed by atoms with Crippen molar-refractivity contribution in [3.8, 4) is 0 Å². The Labute approximate surface area is 212 Å². The van der Waals surface area contributed by atoms with Gasteiger partial charge in [-0.05, 0) is 47.7 Å². The molecule has 0 radical (unpaired) electrons. The van der Waals surface area contributed by atoms with Crippen LogP contribution in [-0.4, -0.2) is 51.0 Å². The lowest BCUT2D eigenvalue weighted by Gasteiger charge is -2.32. The molecule has 0 fully saturated rings. The Kier molecular flexibility index (Phi) is 9.79. The van der Waals surface area contributed by atoms with Gasteiger partial charge in [-0.3, -0.25) is 13.9 Å². The zero-order valence-electron chi connectivity index (χ0n) is 20.0. The third kappa shape index (κ3) is 7.10. The standard InChI is InChI=1S/C24H31Cl2N3O4S/c1-6-22(24(31)27-4)28(14-18-7-10-19(25)13-21(18)26)23(30)15-29(34(5,32)33)20-11-8-17(9-12-20)16(2)3/h7-13,16,22H,6,14-15H2,1-5H3,(H,27,31)/t22-/m0/s1. The number of carbonyl (C=O) groups excluding carboxylic acids is 2. The second-order valence-electron chi connectivity index (χ2n) is 8.31. The lowest BCUT2D eigenvalue weighted by Crippen LogP contribution is -2.51. The Morgan fingerprint density at radius 1 is 1.06 bits per heavy atom. The van der Waals surface area contributed by atoms with Gasteiger partial charge in [0.05, 0.1) is 11.9 Å². The molecule has 0 heterocycles. The molecule has 0 saturated carbocycles. The largest absolute Gasteiger partial charge is 0.357 e. The Morgan fingerprint density at radius 3 is 2.15 bits per heavy atom. The minimum atomic E-state index is -3.78. The molecule has 0 spiro atoms. The Hall–Kier alpha value is -2.29. The van der Waals surface area contributed by atoms with Crippen LogP contribution in [0.3, 0.4) is 0 Å². The quantitative estimate of drug-likeness (QED) is 0.494. The average Bonchev–Trinajstić information content (AvgIpc) is 2.77. The van der Waals surface area contributed by atoms with Gasteiger partial charge in [0.15, 0.2) is 0 Å². The van der Waals surface area contributed by atoms with E-state index in [2.05, 4.69) is 5.32 Å². The summed E-state index contributed by atoms with van der Waals surface area (Å²) >= 11 is 12.3. The van der Waals surface area contributed by atoms with Crippen LogP contribution < -0.4 is 9.62 Å². The number of anilines is 1. The van der Waals surface area contributed by atoms with Crippen molar-refractivity contribution in [3.63, 3.8) is 0 Å². The lowest BCUT2D eigenvalue weighted by molar-refractivity contribution is -0.140. The molecule has 186 valence electrons. The summed E-state index contributed by atoms with van der Waals surface area (Å²) in [6.07, 6.45) is 1.38. The normalized spacial score (nSPS) is 12.4. The fourth-order valence-electron chi connectivity index (χ4n) is 3.56. The van der Waals surface area contributed by atoms with Gasteiger partial charge in [-0.1, -0.05) is 62.2 Å². The van der Waals surface area contributed by atoms with Crippen molar-refractivity contribution >= 4 is 50.7 Å². The number of hydrogen-bond donors (Lipinski definition) is 1. The molecule has 2 aromatic rings. The molecule has 10 heteroatoms. The van der Waals surface area contributed by atoms with Crippen LogP contribution in [0.15, 0.2) is 42.5 Å². The van der Waals surface area contributed by atoms with Crippen LogP contribution in [0.2, 0.25) is 10.0 Å². The van der Waals surface area contributed by atoms with Gasteiger partial charge in [-0.2, -0.15) is 0 Å². The summed E-state index contributed by atoms with van der Waals surface area (Å²) in [7, 11) is -2.29. The minimum Gasteiger partial charge on any atom is -0.357 e. The van der Waals surface area contributed by atoms with E-state index in [1.54, 1.807) is 37.3 Å². The van der Waals surface area contributed by atoms with E-state index < -0.39 is 28.5 Å².